The second-order valence-corrected chi connectivity index (χ2v) is 14.6. The lowest BCUT2D eigenvalue weighted by molar-refractivity contribution is -0.140. The minimum Gasteiger partial charge on any atom is -0.495 e. The molecule has 0 unspecified atom stereocenters. The SMILES string of the molecule is COc1ccc(S(=O)(=O)N(CC(=O)N(Cc2ccc(Cl)cc2)[C@@H](Cc2ccccc2)C(=O)NCC(C)C)c2cc(Cl)ccc2OC)cc1OC. The summed E-state index contributed by atoms with van der Waals surface area (Å²) in [7, 11) is -0.287. The minimum atomic E-state index is -4.50. The van der Waals surface area contributed by atoms with Gasteiger partial charge in [-0.05, 0) is 59.5 Å². The van der Waals surface area contributed by atoms with Gasteiger partial charge in [0.2, 0.25) is 11.8 Å². The lowest BCUT2D eigenvalue weighted by atomic mass is 10.0. The first-order valence-corrected chi connectivity index (χ1v) is 18.0. The Morgan fingerprint density at radius 2 is 1.38 bits per heavy atom. The molecule has 0 radical (unpaired) electrons. The Morgan fingerprint density at radius 3 is 2.00 bits per heavy atom. The number of carbonyl (C=O) groups is 2. The third kappa shape index (κ3) is 9.62. The van der Waals surface area contributed by atoms with E-state index in [1.54, 1.807) is 30.3 Å². The Hall–Kier alpha value is -4.45. The minimum absolute atomic E-state index is 0.0144. The number of hydrogen-bond donors (Lipinski definition) is 1. The third-order valence-electron chi connectivity index (χ3n) is 7.85. The van der Waals surface area contributed by atoms with E-state index in [4.69, 9.17) is 37.4 Å². The van der Waals surface area contributed by atoms with Gasteiger partial charge in [0.15, 0.2) is 11.5 Å². The van der Waals surface area contributed by atoms with Gasteiger partial charge in [0.25, 0.3) is 10.0 Å². The molecule has 0 saturated heterocycles. The van der Waals surface area contributed by atoms with Gasteiger partial charge in [-0.15, -0.1) is 0 Å². The van der Waals surface area contributed by atoms with Gasteiger partial charge in [-0.1, -0.05) is 79.5 Å². The van der Waals surface area contributed by atoms with Gasteiger partial charge < -0.3 is 24.4 Å². The van der Waals surface area contributed by atoms with Gasteiger partial charge in [-0.3, -0.25) is 13.9 Å². The van der Waals surface area contributed by atoms with Crippen molar-refractivity contribution in [1.82, 2.24) is 10.2 Å². The second kappa shape index (κ2) is 17.5. The quantitative estimate of drug-likeness (QED) is 0.137. The summed E-state index contributed by atoms with van der Waals surface area (Å²) in [4.78, 5) is 30.0. The molecule has 0 fully saturated rings. The lowest BCUT2D eigenvalue weighted by Crippen LogP contribution is -2.53. The van der Waals surface area contributed by atoms with Crippen LogP contribution in [-0.2, 0) is 32.6 Å². The van der Waals surface area contributed by atoms with Crippen molar-refractivity contribution in [3.05, 3.63) is 112 Å². The van der Waals surface area contributed by atoms with E-state index in [1.807, 2.05) is 44.2 Å². The third-order valence-corrected chi connectivity index (χ3v) is 10.1. The largest absolute Gasteiger partial charge is 0.495 e. The number of halogens is 2. The van der Waals surface area contributed by atoms with Crippen molar-refractivity contribution in [3.8, 4) is 17.2 Å². The molecule has 0 aromatic heterocycles. The van der Waals surface area contributed by atoms with E-state index < -0.39 is 28.5 Å². The molecule has 4 rings (SSSR count). The van der Waals surface area contributed by atoms with Crippen molar-refractivity contribution in [2.45, 2.75) is 37.8 Å². The van der Waals surface area contributed by atoms with Crippen molar-refractivity contribution in [3.63, 3.8) is 0 Å². The molecule has 0 aliphatic heterocycles. The van der Waals surface area contributed by atoms with Crippen molar-refractivity contribution >= 4 is 50.7 Å². The zero-order valence-electron chi connectivity index (χ0n) is 28.6. The van der Waals surface area contributed by atoms with Gasteiger partial charge in [-0.2, -0.15) is 0 Å². The molecule has 50 heavy (non-hydrogen) atoms. The van der Waals surface area contributed by atoms with Crippen molar-refractivity contribution in [2.75, 3.05) is 38.7 Å². The van der Waals surface area contributed by atoms with Crippen molar-refractivity contribution < 1.29 is 32.2 Å². The predicted octanol–water partition coefficient (Wildman–Crippen LogP) is 6.63. The van der Waals surface area contributed by atoms with E-state index in [0.29, 0.717) is 22.9 Å². The standard InChI is InChI=1S/C37H41Cl2N3O7S/c1-25(2)22-40-37(44)32(19-26-9-7-6-8-10-26)41(23-27-11-13-28(38)14-12-27)36(43)24-42(31-20-29(39)15-17-33(31)47-3)50(45,46)30-16-18-34(48-4)35(21-30)49-5/h6-18,20-21,25,32H,19,22-24H2,1-5H3,(H,40,44)/t32-/m0/s1. The maximum Gasteiger partial charge on any atom is 0.265 e. The van der Waals surface area contributed by atoms with Gasteiger partial charge in [0.1, 0.15) is 18.3 Å². The average molecular weight is 743 g/mol. The monoisotopic (exact) mass is 741 g/mol. The molecular weight excluding hydrogens is 701 g/mol. The van der Waals surface area contributed by atoms with Crippen LogP contribution in [0.1, 0.15) is 25.0 Å². The summed E-state index contributed by atoms with van der Waals surface area (Å²) < 4.78 is 46.3. The van der Waals surface area contributed by atoms with Crippen LogP contribution in [0.25, 0.3) is 0 Å². The van der Waals surface area contributed by atoms with Crippen LogP contribution in [0.15, 0.2) is 95.9 Å². The van der Waals surface area contributed by atoms with Crippen LogP contribution in [0.3, 0.4) is 0 Å². The van der Waals surface area contributed by atoms with E-state index >= 15 is 0 Å². The first-order chi connectivity index (χ1) is 23.9. The van der Waals surface area contributed by atoms with Crippen molar-refractivity contribution in [1.29, 1.82) is 0 Å². The van der Waals surface area contributed by atoms with E-state index in [1.165, 1.54) is 56.6 Å². The van der Waals surface area contributed by atoms with E-state index in [9.17, 15) is 18.0 Å². The average Bonchev–Trinajstić information content (AvgIpc) is 3.11. The Balaban J connectivity index is 1.87. The van der Waals surface area contributed by atoms with Crippen LogP contribution >= 0.6 is 23.2 Å². The van der Waals surface area contributed by atoms with Gasteiger partial charge in [0.05, 0.1) is 31.9 Å². The molecule has 4 aromatic rings. The normalized spacial score (nSPS) is 11.8. The number of carbonyl (C=O) groups excluding carboxylic acids is 2. The fraction of sp³-hybridized carbons (Fsp3) is 0.297. The van der Waals surface area contributed by atoms with E-state index in [0.717, 1.165) is 9.87 Å². The number of sulfonamides is 1. The summed E-state index contributed by atoms with van der Waals surface area (Å²) in [6.45, 7) is 3.60. The fourth-order valence-corrected chi connectivity index (χ4v) is 6.96. The lowest BCUT2D eigenvalue weighted by Gasteiger charge is -2.34. The topological polar surface area (TPSA) is 114 Å². The highest BCUT2D eigenvalue weighted by Crippen LogP contribution is 2.37. The summed E-state index contributed by atoms with van der Waals surface area (Å²) in [6.07, 6.45) is 0.174. The molecule has 10 nitrogen and oxygen atoms in total. The molecule has 0 aliphatic carbocycles. The number of benzene rings is 4. The Bertz CT molecular complexity index is 1870. The van der Waals surface area contributed by atoms with E-state index in [2.05, 4.69) is 5.32 Å². The molecule has 13 heteroatoms. The number of nitrogens with zero attached hydrogens (tertiary/aromatic N) is 2. The number of hydrogen-bond acceptors (Lipinski definition) is 7. The first kappa shape index (κ1) is 38.4. The number of ether oxygens (including phenoxy) is 3. The maximum absolute atomic E-state index is 14.8. The highest BCUT2D eigenvalue weighted by molar-refractivity contribution is 7.92. The van der Waals surface area contributed by atoms with Crippen LogP contribution in [0, 0.1) is 5.92 Å². The number of anilines is 1. The predicted molar refractivity (Wildman–Crippen MR) is 196 cm³/mol. The first-order valence-electron chi connectivity index (χ1n) is 15.8. The maximum atomic E-state index is 14.8. The summed E-state index contributed by atoms with van der Waals surface area (Å²) in [5, 5.41) is 3.69. The summed E-state index contributed by atoms with van der Waals surface area (Å²) in [5.41, 5.74) is 1.53. The Morgan fingerprint density at radius 1 is 0.760 bits per heavy atom. The van der Waals surface area contributed by atoms with Crippen LogP contribution in [0.5, 0.6) is 17.2 Å². The Labute approximate surface area is 303 Å². The van der Waals surface area contributed by atoms with Gasteiger partial charge in [-0.25, -0.2) is 8.42 Å². The Kier molecular flexibility index (Phi) is 13.4. The molecule has 266 valence electrons. The zero-order valence-corrected chi connectivity index (χ0v) is 30.9. The van der Waals surface area contributed by atoms with E-state index in [-0.39, 0.29) is 51.9 Å². The second-order valence-electron chi connectivity index (χ2n) is 11.8. The number of nitrogens with one attached hydrogen (secondary N) is 1. The van der Waals surface area contributed by atoms with Crippen LogP contribution in [0.4, 0.5) is 5.69 Å². The molecule has 1 N–H and O–H groups in total. The molecular formula is C37H41Cl2N3O7S. The van der Waals surface area contributed by atoms with Gasteiger partial charge >= 0.3 is 0 Å². The molecule has 0 bridgehead atoms. The zero-order chi connectivity index (χ0) is 36.4. The summed E-state index contributed by atoms with van der Waals surface area (Å²) >= 11 is 12.6. The number of amides is 2. The molecule has 2 amide bonds. The molecule has 0 aliphatic rings. The highest BCUT2D eigenvalue weighted by Gasteiger charge is 2.36. The smallest absolute Gasteiger partial charge is 0.265 e. The van der Waals surface area contributed by atoms with Crippen LogP contribution in [0.2, 0.25) is 10.0 Å². The summed E-state index contributed by atoms with van der Waals surface area (Å²) in [6, 6.07) is 23.8. The molecule has 0 heterocycles. The highest BCUT2D eigenvalue weighted by atomic mass is 35.5. The van der Waals surface area contributed by atoms with Crippen molar-refractivity contribution in [2.24, 2.45) is 5.92 Å². The molecule has 4 aromatic carbocycles. The molecule has 0 spiro atoms. The molecule has 0 saturated carbocycles. The summed E-state index contributed by atoms with van der Waals surface area (Å²) in [5.74, 6) is -0.224. The van der Waals surface area contributed by atoms with Crippen LogP contribution < -0.4 is 23.8 Å². The number of methoxy groups -OCH3 is 3. The molecule has 1 atom stereocenters. The number of rotatable bonds is 16. The fourth-order valence-electron chi connectivity index (χ4n) is 5.24. The van der Waals surface area contributed by atoms with Gasteiger partial charge in [0, 0.05) is 35.6 Å². The van der Waals surface area contributed by atoms with Crippen LogP contribution in [-0.4, -0.2) is 65.6 Å².